The molecule has 0 radical (unpaired) electrons. The average molecular weight is 440 g/mol. The van der Waals surface area contributed by atoms with Crippen molar-refractivity contribution >= 4 is 28.7 Å². The first kappa shape index (κ1) is 24.4. The Balaban J connectivity index is 2.33. The topological polar surface area (TPSA) is 99.0 Å². The summed E-state index contributed by atoms with van der Waals surface area (Å²) < 4.78 is 18.4. The monoisotopic (exact) mass is 439 g/mol. The van der Waals surface area contributed by atoms with Gasteiger partial charge in [0, 0.05) is 43.1 Å². The molecule has 1 aliphatic rings. The Labute approximate surface area is 182 Å². The summed E-state index contributed by atoms with van der Waals surface area (Å²) in [5.41, 5.74) is 1.42. The number of nitro groups is 1. The van der Waals surface area contributed by atoms with Crippen molar-refractivity contribution in [1.29, 1.82) is 0 Å². The maximum atomic E-state index is 11.9. The van der Waals surface area contributed by atoms with Gasteiger partial charge in [0.15, 0.2) is 0 Å². The third-order valence-corrected chi connectivity index (χ3v) is 6.66. The van der Waals surface area contributed by atoms with Crippen LogP contribution in [0.15, 0.2) is 18.2 Å². The van der Waals surface area contributed by atoms with Gasteiger partial charge in [0.25, 0.3) is 5.69 Å². The largest absolute Gasteiger partial charge is 0.598 e. The van der Waals surface area contributed by atoms with Crippen LogP contribution >= 0.6 is 0 Å². The van der Waals surface area contributed by atoms with E-state index in [0.29, 0.717) is 31.2 Å². The van der Waals surface area contributed by atoms with Crippen molar-refractivity contribution in [3.05, 3.63) is 33.9 Å². The molecule has 0 spiro atoms. The zero-order valence-electron chi connectivity index (χ0n) is 18.5. The molecule has 1 fully saturated rings. The number of benzene rings is 1. The number of ether oxygens (including phenoxy) is 1. The number of piperidine rings is 1. The van der Waals surface area contributed by atoms with Crippen LogP contribution in [-0.2, 0) is 20.9 Å². The zero-order valence-corrected chi connectivity index (χ0v) is 19.3. The molecule has 9 heteroatoms. The third kappa shape index (κ3) is 6.33. The second-order valence-electron chi connectivity index (χ2n) is 8.32. The molecule has 0 N–H and O–H groups in total. The molecule has 1 aliphatic heterocycles. The summed E-state index contributed by atoms with van der Waals surface area (Å²) in [4.78, 5) is 25.3. The molecule has 1 heterocycles. The summed E-state index contributed by atoms with van der Waals surface area (Å²) in [6, 6.07) is 5.43. The van der Waals surface area contributed by atoms with Crippen molar-refractivity contribution in [3.63, 3.8) is 0 Å². The summed E-state index contributed by atoms with van der Waals surface area (Å²) in [6.07, 6.45) is 3.48. The lowest BCUT2D eigenvalue weighted by atomic mass is 9.95. The molecule has 168 valence electrons. The van der Waals surface area contributed by atoms with Gasteiger partial charge in [-0.05, 0) is 36.3 Å². The number of carbonyl (C=O) groups is 1. The van der Waals surface area contributed by atoms with Gasteiger partial charge in [-0.2, -0.15) is 0 Å². The molecule has 0 aromatic heterocycles. The van der Waals surface area contributed by atoms with Gasteiger partial charge >= 0.3 is 5.97 Å². The molecule has 1 saturated heterocycles. The van der Waals surface area contributed by atoms with Gasteiger partial charge in [-0.25, -0.2) is 0 Å². The van der Waals surface area contributed by atoms with E-state index in [2.05, 4.69) is 18.7 Å². The maximum absolute atomic E-state index is 11.9. The fraction of sp³-hybridized carbons (Fsp3) is 0.667. The molecule has 2 unspecified atom stereocenters. The van der Waals surface area contributed by atoms with E-state index in [1.165, 1.54) is 7.11 Å². The standard InChI is InChI=1S/C21H33N3O5S/c1-15(2)14-23(18-8-10-22(11-9-18)30(5)28)19-7-6-17(13-20(19)24(26)27)16(3)12-21(25)29-4/h6-7,13,15-16,18H,8-12,14H2,1-5H3. The smallest absolute Gasteiger partial charge is 0.306 e. The third-order valence-electron chi connectivity index (χ3n) is 5.56. The van der Waals surface area contributed by atoms with Gasteiger partial charge < -0.3 is 14.2 Å². The number of rotatable bonds is 9. The van der Waals surface area contributed by atoms with Crippen LogP contribution in [-0.4, -0.2) is 58.8 Å². The molecule has 0 saturated carbocycles. The summed E-state index contributed by atoms with van der Waals surface area (Å²) in [6.45, 7) is 8.19. The highest BCUT2D eigenvalue weighted by atomic mass is 32.2. The van der Waals surface area contributed by atoms with E-state index in [9.17, 15) is 19.5 Å². The number of hydrogen-bond donors (Lipinski definition) is 0. The summed E-state index contributed by atoms with van der Waals surface area (Å²) in [5.74, 6) is -0.178. The van der Waals surface area contributed by atoms with E-state index < -0.39 is 11.4 Å². The highest BCUT2D eigenvalue weighted by molar-refractivity contribution is 7.88. The maximum Gasteiger partial charge on any atom is 0.306 e. The van der Waals surface area contributed by atoms with E-state index in [-0.39, 0.29) is 35.0 Å². The Bertz CT molecular complexity index is 735. The lowest BCUT2D eigenvalue weighted by molar-refractivity contribution is -0.384. The number of hydrogen-bond acceptors (Lipinski definition) is 7. The Morgan fingerprint density at radius 3 is 2.47 bits per heavy atom. The molecule has 2 atom stereocenters. The van der Waals surface area contributed by atoms with Crippen LogP contribution < -0.4 is 4.90 Å². The Morgan fingerprint density at radius 2 is 1.97 bits per heavy atom. The minimum atomic E-state index is -0.993. The Hall–Kier alpha value is -1.84. The van der Waals surface area contributed by atoms with Gasteiger partial charge in [0.2, 0.25) is 0 Å². The zero-order chi connectivity index (χ0) is 22.4. The highest BCUT2D eigenvalue weighted by Gasteiger charge is 2.32. The number of nitrogens with zero attached hydrogens (tertiary/aromatic N) is 3. The van der Waals surface area contributed by atoms with Crippen molar-refractivity contribution < 1.29 is 19.0 Å². The van der Waals surface area contributed by atoms with Gasteiger partial charge in [-0.1, -0.05) is 26.8 Å². The van der Waals surface area contributed by atoms with Crippen LogP contribution in [0.3, 0.4) is 0 Å². The van der Waals surface area contributed by atoms with Crippen LogP contribution in [0.1, 0.15) is 51.5 Å². The van der Waals surface area contributed by atoms with E-state index in [4.69, 9.17) is 4.74 Å². The van der Waals surface area contributed by atoms with E-state index in [0.717, 1.165) is 18.4 Å². The number of anilines is 1. The predicted molar refractivity (Wildman–Crippen MR) is 119 cm³/mol. The van der Waals surface area contributed by atoms with E-state index >= 15 is 0 Å². The van der Waals surface area contributed by atoms with Crippen LogP contribution in [0.25, 0.3) is 0 Å². The van der Waals surface area contributed by atoms with Gasteiger partial charge in [-0.15, -0.1) is 4.31 Å². The normalized spacial score (nSPS) is 17.6. The molecule has 1 aromatic carbocycles. The van der Waals surface area contributed by atoms with Crippen LogP contribution in [0.5, 0.6) is 0 Å². The van der Waals surface area contributed by atoms with Crippen LogP contribution in [0, 0.1) is 16.0 Å². The lowest BCUT2D eigenvalue weighted by Crippen LogP contribution is -2.47. The minimum absolute atomic E-state index is 0.0614. The van der Waals surface area contributed by atoms with E-state index in [1.807, 2.05) is 23.4 Å². The molecule has 8 nitrogen and oxygen atoms in total. The number of carbonyl (C=O) groups excluding carboxylic acids is 1. The van der Waals surface area contributed by atoms with Crippen LogP contribution in [0.4, 0.5) is 11.4 Å². The minimum Gasteiger partial charge on any atom is -0.598 e. The van der Waals surface area contributed by atoms with Gasteiger partial charge in [0.1, 0.15) is 11.9 Å². The molecule has 30 heavy (non-hydrogen) atoms. The number of methoxy groups -OCH3 is 1. The molecule has 0 bridgehead atoms. The van der Waals surface area contributed by atoms with Crippen molar-refractivity contribution in [1.82, 2.24) is 4.31 Å². The van der Waals surface area contributed by atoms with Crippen molar-refractivity contribution in [2.24, 2.45) is 5.92 Å². The van der Waals surface area contributed by atoms with Gasteiger partial charge in [0.05, 0.1) is 18.5 Å². The Morgan fingerprint density at radius 1 is 1.33 bits per heavy atom. The number of esters is 1. The van der Waals surface area contributed by atoms with Crippen LogP contribution in [0.2, 0.25) is 0 Å². The average Bonchev–Trinajstić information content (AvgIpc) is 2.71. The number of nitro benzene ring substituents is 1. The molecular weight excluding hydrogens is 406 g/mol. The fourth-order valence-corrected chi connectivity index (χ4v) is 4.66. The van der Waals surface area contributed by atoms with Crippen molar-refractivity contribution in [2.45, 2.75) is 52.0 Å². The quantitative estimate of drug-likeness (QED) is 0.251. The first-order chi connectivity index (χ1) is 14.1. The molecule has 2 rings (SSSR count). The Kier molecular flexibility index (Phi) is 8.93. The summed E-state index contributed by atoms with van der Waals surface area (Å²) >= 11 is -0.993. The predicted octanol–water partition coefficient (Wildman–Crippen LogP) is 3.48. The first-order valence-electron chi connectivity index (χ1n) is 10.3. The SMILES string of the molecule is COC(=O)CC(C)c1ccc(N(CC(C)C)C2CCN([S+](C)[O-])CC2)c([N+](=O)[O-])c1. The second kappa shape index (κ2) is 11.0. The highest BCUT2D eigenvalue weighted by Crippen LogP contribution is 2.36. The molecule has 0 aliphatic carbocycles. The van der Waals surface area contributed by atoms with Gasteiger partial charge in [-0.3, -0.25) is 14.9 Å². The first-order valence-corrected chi connectivity index (χ1v) is 11.9. The summed E-state index contributed by atoms with van der Waals surface area (Å²) in [5, 5.41) is 11.9. The second-order valence-corrected chi connectivity index (χ2v) is 9.68. The van der Waals surface area contributed by atoms with Crippen molar-refractivity contribution in [2.75, 3.05) is 37.9 Å². The molecular formula is C21H33N3O5S. The summed E-state index contributed by atoms with van der Waals surface area (Å²) in [7, 11) is 1.34. The lowest BCUT2D eigenvalue weighted by Gasteiger charge is -2.39. The van der Waals surface area contributed by atoms with Crippen molar-refractivity contribution in [3.8, 4) is 0 Å². The fourth-order valence-electron chi connectivity index (χ4n) is 3.94. The van der Waals surface area contributed by atoms with E-state index in [1.54, 1.807) is 12.3 Å². The molecule has 0 amide bonds. The molecule has 1 aromatic rings.